The fourth-order valence-electron chi connectivity index (χ4n) is 3.93. The van der Waals surface area contributed by atoms with Crippen LogP contribution < -0.4 is 5.32 Å². The summed E-state index contributed by atoms with van der Waals surface area (Å²) < 4.78 is 5.34. The molecule has 0 bridgehead atoms. The summed E-state index contributed by atoms with van der Waals surface area (Å²) in [4.78, 5) is 20.8. The SMILES string of the molecule is Cc1ccc(-c2noc(CCC(=O)NC[C@@H](c3cccs3)N3CCC(C)CC3)n2)cc1. The van der Waals surface area contributed by atoms with E-state index in [-0.39, 0.29) is 11.9 Å². The number of nitrogens with zero attached hydrogens (tertiary/aromatic N) is 3. The smallest absolute Gasteiger partial charge is 0.227 e. The third-order valence-corrected chi connectivity index (χ3v) is 6.94. The van der Waals surface area contributed by atoms with Crippen LogP contribution in [0.4, 0.5) is 0 Å². The zero-order valence-electron chi connectivity index (χ0n) is 18.2. The van der Waals surface area contributed by atoms with Crippen LogP contribution in [-0.4, -0.2) is 40.6 Å². The Bertz CT molecular complexity index is 960. The zero-order valence-corrected chi connectivity index (χ0v) is 19.0. The first kappa shape index (κ1) is 21.7. The number of aryl methyl sites for hydroxylation is 2. The number of carbonyl (C=O) groups is 1. The van der Waals surface area contributed by atoms with Gasteiger partial charge >= 0.3 is 0 Å². The lowest BCUT2D eigenvalue weighted by Gasteiger charge is -2.36. The molecule has 1 aliphatic heterocycles. The second kappa shape index (κ2) is 10.2. The van der Waals surface area contributed by atoms with Gasteiger partial charge in [-0.2, -0.15) is 4.98 Å². The highest BCUT2D eigenvalue weighted by Gasteiger charge is 2.25. The standard InChI is InChI=1S/C24H30N4O2S/c1-17-5-7-19(8-6-17)24-26-23(30-27-24)10-9-22(29)25-16-20(21-4-3-15-31-21)28-13-11-18(2)12-14-28/h3-8,15,18,20H,9-14,16H2,1-2H3,(H,25,29)/t20-/m0/s1. The number of amides is 1. The molecule has 0 aliphatic carbocycles. The van der Waals surface area contributed by atoms with Crippen LogP contribution in [-0.2, 0) is 11.2 Å². The molecule has 31 heavy (non-hydrogen) atoms. The zero-order chi connectivity index (χ0) is 21.6. The topological polar surface area (TPSA) is 71.3 Å². The summed E-state index contributed by atoms with van der Waals surface area (Å²) in [5.74, 6) is 1.86. The molecule has 6 nitrogen and oxygen atoms in total. The molecule has 1 aromatic carbocycles. The number of benzene rings is 1. The molecule has 2 aromatic heterocycles. The lowest BCUT2D eigenvalue weighted by molar-refractivity contribution is -0.121. The molecule has 1 fully saturated rings. The van der Waals surface area contributed by atoms with Crippen LogP contribution in [0.15, 0.2) is 46.3 Å². The third-order valence-electron chi connectivity index (χ3n) is 5.97. The summed E-state index contributed by atoms with van der Waals surface area (Å²) in [6, 6.07) is 12.5. The highest BCUT2D eigenvalue weighted by atomic mass is 32.1. The number of thiophene rings is 1. The first-order chi connectivity index (χ1) is 15.1. The Kier molecular flexibility index (Phi) is 7.14. The largest absolute Gasteiger partial charge is 0.354 e. The predicted octanol–water partition coefficient (Wildman–Crippen LogP) is 4.63. The lowest BCUT2D eigenvalue weighted by Crippen LogP contribution is -2.41. The fourth-order valence-corrected chi connectivity index (χ4v) is 4.79. The van der Waals surface area contributed by atoms with Crippen molar-refractivity contribution in [3.63, 3.8) is 0 Å². The van der Waals surface area contributed by atoms with E-state index in [0.29, 0.717) is 31.1 Å². The highest BCUT2D eigenvalue weighted by molar-refractivity contribution is 7.10. The molecule has 0 saturated carbocycles. The molecule has 4 rings (SSSR count). The Morgan fingerprint density at radius 2 is 2.03 bits per heavy atom. The molecule has 0 spiro atoms. The molecule has 1 saturated heterocycles. The van der Waals surface area contributed by atoms with Crippen LogP contribution >= 0.6 is 11.3 Å². The number of rotatable bonds is 8. The van der Waals surface area contributed by atoms with Gasteiger partial charge in [-0.3, -0.25) is 9.69 Å². The monoisotopic (exact) mass is 438 g/mol. The summed E-state index contributed by atoms with van der Waals surface area (Å²) in [5, 5.41) is 9.29. The number of piperidine rings is 1. The molecule has 1 N–H and O–H groups in total. The van der Waals surface area contributed by atoms with Crippen LogP contribution in [0.2, 0.25) is 0 Å². The molecule has 1 atom stereocenters. The molecule has 1 amide bonds. The predicted molar refractivity (Wildman–Crippen MR) is 123 cm³/mol. The van der Waals surface area contributed by atoms with Gasteiger partial charge in [0.15, 0.2) is 0 Å². The van der Waals surface area contributed by atoms with Crippen molar-refractivity contribution in [2.24, 2.45) is 5.92 Å². The summed E-state index contributed by atoms with van der Waals surface area (Å²) in [6.45, 7) is 7.17. The van der Waals surface area contributed by atoms with Crippen LogP contribution in [0, 0.1) is 12.8 Å². The van der Waals surface area contributed by atoms with Crippen molar-refractivity contribution < 1.29 is 9.32 Å². The molecule has 7 heteroatoms. The first-order valence-corrected chi connectivity index (χ1v) is 11.9. The molecule has 0 radical (unpaired) electrons. The molecular weight excluding hydrogens is 408 g/mol. The Balaban J connectivity index is 1.29. The summed E-state index contributed by atoms with van der Waals surface area (Å²) in [5.41, 5.74) is 2.10. The van der Waals surface area contributed by atoms with Gasteiger partial charge in [0, 0.05) is 29.8 Å². The van der Waals surface area contributed by atoms with Crippen LogP contribution in [0.5, 0.6) is 0 Å². The van der Waals surface area contributed by atoms with Crippen molar-refractivity contribution in [1.82, 2.24) is 20.4 Å². The van der Waals surface area contributed by atoms with E-state index in [1.165, 1.54) is 23.3 Å². The minimum Gasteiger partial charge on any atom is -0.354 e. The van der Waals surface area contributed by atoms with Gasteiger partial charge in [0.05, 0.1) is 6.04 Å². The number of nitrogens with one attached hydrogen (secondary N) is 1. The van der Waals surface area contributed by atoms with Crippen LogP contribution in [0.25, 0.3) is 11.4 Å². The number of carbonyl (C=O) groups excluding carboxylic acids is 1. The maximum Gasteiger partial charge on any atom is 0.227 e. The normalized spacial score (nSPS) is 16.3. The van der Waals surface area contributed by atoms with E-state index in [9.17, 15) is 4.79 Å². The van der Waals surface area contributed by atoms with Gasteiger partial charge in [-0.15, -0.1) is 11.3 Å². The Hall–Kier alpha value is -2.51. The second-order valence-electron chi connectivity index (χ2n) is 8.43. The van der Waals surface area contributed by atoms with Crippen molar-refractivity contribution >= 4 is 17.2 Å². The van der Waals surface area contributed by atoms with Crippen LogP contribution in [0.1, 0.15) is 48.6 Å². The van der Waals surface area contributed by atoms with E-state index in [1.54, 1.807) is 11.3 Å². The van der Waals surface area contributed by atoms with Gasteiger partial charge < -0.3 is 9.84 Å². The molecule has 3 aromatic rings. The van der Waals surface area contributed by atoms with Gasteiger partial charge in [-0.1, -0.05) is 48.0 Å². The maximum absolute atomic E-state index is 12.5. The van der Waals surface area contributed by atoms with Crippen molar-refractivity contribution in [2.75, 3.05) is 19.6 Å². The molecule has 164 valence electrons. The summed E-state index contributed by atoms with van der Waals surface area (Å²) >= 11 is 1.76. The van der Waals surface area contributed by atoms with Crippen molar-refractivity contribution in [2.45, 2.75) is 45.6 Å². The molecule has 3 heterocycles. The Morgan fingerprint density at radius 3 is 2.74 bits per heavy atom. The number of aromatic nitrogens is 2. The Labute approximate surface area is 187 Å². The quantitative estimate of drug-likeness (QED) is 0.555. The van der Waals surface area contributed by atoms with Gasteiger partial charge in [0.1, 0.15) is 0 Å². The van der Waals surface area contributed by atoms with Crippen LogP contribution in [0.3, 0.4) is 0 Å². The summed E-state index contributed by atoms with van der Waals surface area (Å²) in [7, 11) is 0. The first-order valence-electron chi connectivity index (χ1n) is 11.0. The van der Waals surface area contributed by atoms with E-state index in [4.69, 9.17) is 4.52 Å². The number of hydrogen-bond acceptors (Lipinski definition) is 6. The summed E-state index contributed by atoms with van der Waals surface area (Å²) in [6.07, 6.45) is 3.21. The van der Waals surface area contributed by atoms with Gasteiger partial charge in [-0.25, -0.2) is 0 Å². The number of hydrogen-bond donors (Lipinski definition) is 1. The average molecular weight is 439 g/mol. The minimum absolute atomic E-state index is 0.0158. The fraction of sp³-hybridized carbons (Fsp3) is 0.458. The molecular formula is C24H30N4O2S. The van der Waals surface area contributed by atoms with E-state index in [2.05, 4.69) is 44.8 Å². The van der Waals surface area contributed by atoms with Gasteiger partial charge in [0.2, 0.25) is 17.6 Å². The van der Waals surface area contributed by atoms with E-state index >= 15 is 0 Å². The molecule has 0 unspecified atom stereocenters. The van der Waals surface area contributed by atoms with Gasteiger partial charge in [-0.05, 0) is 50.2 Å². The van der Waals surface area contributed by atoms with Crippen molar-refractivity contribution in [1.29, 1.82) is 0 Å². The number of likely N-dealkylation sites (tertiary alicyclic amines) is 1. The molecule has 1 aliphatic rings. The lowest BCUT2D eigenvalue weighted by atomic mass is 9.97. The van der Waals surface area contributed by atoms with E-state index < -0.39 is 0 Å². The van der Waals surface area contributed by atoms with E-state index in [1.807, 2.05) is 31.2 Å². The van der Waals surface area contributed by atoms with Crippen molar-refractivity contribution in [3.8, 4) is 11.4 Å². The third kappa shape index (κ3) is 5.80. The Morgan fingerprint density at radius 1 is 1.26 bits per heavy atom. The maximum atomic E-state index is 12.5. The van der Waals surface area contributed by atoms with Gasteiger partial charge in [0.25, 0.3) is 0 Å². The van der Waals surface area contributed by atoms with E-state index in [0.717, 1.165) is 24.6 Å². The highest BCUT2D eigenvalue weighted by Crippen LogP contribution is 2.29. The van der Waals surface area contributed by atoms with Crippen molar-refractivity contribution in [3.05, 3.63) is 58.1 Å². The average Bonchev–Trinajstić information content (AvgIpc) is 3.47. The minimum atomic E-state index is 0.0158. The second-order valence-corrected chi connectivity index (χ2v) is 9.41.